The molecule has 0 saturated carbocycles. The highest BCUT2D eigenvalue weighted by molar-refractivity contribution is 6.21. The van der Waals surface area contributed by atoms with Crippen LogP contribution in [0.15, 0.2) is 191 Å². The number of hydrogen-bond donors (Lipinski definition) is 0. The van der Waals surface area contributed by atoms with E-state index in [-0.39, 0.29) is 21.7 Å². The van der Waals surface area contributed by atoms with Crippen molar-refractivity contribution < 1.29 is 8.83 Å². The van der Waals surface area contributed by atoms with E-state index < -0.39 is 0 Å². The molecule has 0 saturated heterocycles. The van der Waals surface area contributed by atoms with Gasteiger partial charge in [0.2, 0.25) is 0 Å². The highest BCUT2D eigenvalue weighted by Gasteiger charge is 2.49. The number of benzene rings is 10. The van der Waals surface area contributed by atoms with Gasteiger partial charge < -0.3 is 13.7 Å². The highest BCUT2D eigenvalue weighted by Crippen LogP contribution is 2.64. The van der Waals surface area contributed by atoms with Crippen LogP contribution in [0.3, 0.4) is 0 Å². The average molecular weight is 980 g/mol. The van der Waals surface area contributed by atoms with Crippen LogP contribution in [-0.2, 0) is 21.7 Å². The Bertz CT molecular complexity index is 4600. The summed E-state index contributed by atoms with van der Waals surface area (Å²) in [6.45, 7) is 21.5. The number of nitrogens with zero attached hydrogens (tertiary/aromatic N) is 1. The van der Waals surface area contributed by atoms with Gasteiger partial charge in [0.15, 0.2) is 0 Å². The Morgan fingerprint density at radius 2 is 0.816 bits per heavy atom. The van der Waals surface area contributed by atoms with E-state index in [1.165, 1.54) is 116 Å². The summed E-state index contributed by atoms with van der Waals surface area (Å²) in [7, 11) is 0. The zero-order valence-corrected chi connectivity index (χ0v) is 44.6. The van der Waals surface area contributed by atoms with E-state index in [1.54, 1.807) is 0 Å². The zero-order valence-electron chi connectivity index (χ0n) is 44.6. The Kier molecular flexibility index (Phi) is 8.38. The van der Waals surface area contributed by atoms with E-state index in [0.29, 0.717) is 0 Å². The molecule has 10 aromatic carbocycles. The van der Waals surface area contributed by atoms with Gasteiger partial charge >= 0.3 is 0 Å². The number of anilines is 3. The largest absolute Gasteiger partial charge is 0.455 e. The Hall–Kier alpha value is -8.40. The van der Waals surface area contributed by atoms with Crippen molar-refractivity contribution in [3.05, 3.63) is 232 Å². The number of rotatable bonds is 4. The fourth-order valence-corrected chi connectivity index (χ4v) is 15.2. The van der Waals surface area contributed by atoms with Gasteiger partial charge in [-0.3, -0.25) is 0 Å². The Labute approximate surface area is 444 Å². The fraction of sp³-hybridized carbons (Fsp3) is 0.178. The van der Waals surface area contributed by atoms with Gasteiger partial charge in [-0.25, -0.2) is 0 Å². The predicted octanol–water partition coefficient (Wildman–Crippen LogP) is 20.2. The lowest BCUT2D eigenvalue weighted by Crippen LogP contribution is -2.24. The summed E-state index contributed by atoms with van der Waals surface area (Å²) in [5.74, 6) is 0. The van der Waals surface area contributed by atoms with Gasteiger partial charge in [-0.15, -0.1) is 0 Å². The molecule has 0 fully saturated rings. The van der Waals surface area contributed by atoms with Gasteiger partial charge in [-0.1, -0.05) is 177 Å². The topological polar surface area (TPSA) is 29.5 Å². The van der Waals surface area contributed by atoms with Crippen LogP contribution >= 0.6 is 0 Å². The Balaban J connectivity index is 0.884. The molecule has 0 N–H and O–H groups in total. The van der Waals surface area contributed by atoms with Crippen LogP contribution in [-0.4, -0.2) is 0 Å². The molecule has 3 nitrogen and oxygen atoms in total. The minimum Gasteiger partial charge on any atom is -0.455 e. The molecule has 2 heterocycles. The maximum atomic E-state index is 7.07. The molecule has 0 unspecified atom stereocenters. The molecule has 2 aromatic heterocycles. The average Bonchev–Trinajstić information content (AvgIpc) is 4.32. The zero-order chi connectivity index (χ0) is 51.5. The Morgan fingerprint density at radius 3 is 1.51 bits per heavy atom. The minimum atomic E-state index is -0.341. The van der Waals surface area contributed by atoms with Crippen molar-refractivity contribution in [2.45, 2.75) is 84.0 Å². The molecule has 0 atom stereocenters. The molecule has 366 valence electrons. The molecule has 3 heteroatoms. The number of para-hydroxylation sites is 2. The summed E-state index contributed by atoms with van der Waals surface area (Å²) in [6.07, 6.45) is 0. The Morgan fingerprint density at radius 1 is 0.329 bits per heavy atom. The standard InChI is InChI=1S/C73H57NO2/c1-40-19-18-20-42(35-40)74(44-31-34-49-57(38-44)73(8,9)67-65(49)69-64(51-24-13-17-28-60(51)76-69)62-47-22-11-15-26-54(47)72(6,7)66(62)67)43-30-33-48-56(37-43)71(4,5)58-39-52(68-63(61(48)58)50-23-12-16-27-59(50)75-68)41-29-32-46-45-21-10-14-25-53(45)70(2,3)55(46)36-41/h10-39H,1-9H3. The van der Waals surface area contributed by atoms with E-state index in [0.717, 1.165) is 50.3 Å². The van der Waals surface area contributed by atoms with Gasteiger partial charge in [-0.2, -0.15) is 0 Å². The van der Waals surface area contributed by atoms with E-state index in [2.05, 4.69) is 249 Å². The molecule has 12 aromatic rings. The maximum Gasteiger partial charge on any atom is 0.144 e. The van der Waals surface area contributed by atoms with Crippen molar-refractivity contribution in [3.8, 4) is 55.6 Å². The van der Waals surface area contributed by atoms with Crippen LogP contribution in [0, 0.1) is 6.92 Å². The summed E-state index contributed by atoms with van der Waals surface area (Å²) in [4.78, 5) is 2.49. The lowest BCUT2D eigenvalue weighted by molar-refractivity contribution is 0.600. The summed E-state index contributed by atoms with van der Waals surface area (Å²) < 4.78 is 14.1. The normalized spacial score (nSPS) is 16.1. The lowest BCUT2D eigenvalue weighted by Gasteiger charge is -2.32. The number of aryl methyl sites for hydroxylation is 1. The molecule has 0 radical (unpaired) electrons. The first kappa shape index (κ1) is 43.9. The second-order valence-corrected chi connectivity index (χ2v) is 24.4. The first-order valence-electron chi connectivity index (χ1n) is 27.2. The van der Waals surface area contributed by atoms with Crippen molar-refractivity contribution in [2.24, 2.45) is 0 Å². The molecular formula is C73H57NO2. The van der Waals surface area contributed by atoms with Crippen molar-refractivity contribution >= 4 is 60.9 Å². The molecule has 0 amide bonds. The van der Waals surface area contributed by atoms with Crippen molar-refractivity contribution in [3.63, 3.8) is 0 Å². The third-order valence-electron chi connectivity index (χ3n) is 18.8. The first-order chi connectivity index (χ1) is 36.6. The monoisotopic (exact) mass is 979 g/mol. The van der Waals surface area contributed by atoms with Gasteiger partial charge in [0.05, 0.1) is 0 Å². The van der Waals surface area contributed by atoms with Crippen molar-refractivity contribution in [1.82, 2.24) is 0 Å². The third-order valence-corrected chi connectivity index (χ3v) is 18.8. The molecule has 0 bridgehead atoms. The molecule has 4 aliphatic carbocycles. The van der Waals surface area contributed by atoms with E-state index in [9.17, 15) is 0 Å². The summed E-state index contributed by atoms with van der Waals surface area (Å²) in [5, 5.41) is 4.75. The molecule has 0 spiro atoms. The fourth-order valence-electron chi connectivity index (χ4n) is 15.2. The number of fused-ring (bicyclic) bond motifs is 22. The summed E-state index contributed by atoms with van der Waals surface area (Å²) in [6, 6.07) is 68.2. The van der Waals surface area contributed by atoms with Gasteiger partial charge in [0.25, 0.3) is 0 Å². The number of hydrogen-bond acceptors (Lipinski definition) is 3. The second-order valence-electron chi connectivity index (χ2n) is 24.4. The second kappa shape index (κ2) is 14.5. The molecular weight excluding hydrogens is 923 g/mol. The van der Waals surface area contributed by atoms with Crippen LogP contribution < -0.4 is 4.90 Å². The van der Waals surface area contributed by atoms with Crippen molar-refractivity contribution in [2.75, 3.05) is 4.90 Å². The summed E-state index contributed by atoms with van der Waals surface area (Å²) >= 11 is 0. The highest BCUT2D eigenvalue weighted by atomic mass is 16.3. The lowest BCUT2D eigenvalue weighted by atomic mass is 9.72. The van der Waals surface area contributed by atoms with Gasteiger partial charge in [0, 0.05) is 71.4 Å². The molecule has 76 heavy (non-hydrogen) atoms. The number of furan rings is 2. The third kappa shape index (κ3) is 5.43. The predicted molar refractivity (Wildman–Crippen MR) is 316 cm³/mol. The SMILES string of the molecule is Cc1cccc(N(c2ccc3c(c2)C(C)(C)c2cc(-c4ccc5c(c4)C(C)(C)c4ccccc4-5)c4oc5ccccc5c4c2-3)c2ccc3c(c2)C(C)(C)c2c4c(c5c(oc6ccccc65)c2-3)-c2ccccc2C4(C)C)c1. The smallest absolute Gasteiger partial charge is 0.144 e. The van der Waals surface area contributed by atoms with E-state index in [1.807, 2.05) is 0 Å². The maximum absolute atomic E-state index is 7.07. The quantitative estimate of drug-likeness (QED) is 0.176. The van der Waals surface area contributed by atoms with Crippen LogP contribution in [0.25, 0.3) is 99.5 Å². The molecule has 16 rings (SSSR count). The van der Waals surface area contributed by atoms with Crippen molar-refractivity contribution in [1.29, 1.82) is 0 Å². The van der Waals surface area contributed by atoms with Crippen LogP contribution in [0.2, 0.25) is 0 Å². The van der Waals surface area contributed by atoms with Gasteiger partial charge in [-0.05, 0) is 162 Å². The van der Waals surface area contributed by atoms with E-state index >= 15 is 0 Å². The minimum absolute atomic E-state index is 0.121. The van der Waals surface area contributed by atoms with Crippen LogP contribution in [0.1, 0.15) is 105 Å². The van der Waals surface area contributed by atoms with Crippen LogP contribution in [0.4, 0.5) is 17.1 Å². The summed E-state index contributed by atoms with van der Waals surface area (Å²) in [5.41, 5.74) is 30.9. The van der Waals surface area contributed by atoms with E-state index in [4.69, 9.17) is 8.83 Å². The van der Waals surface area contributed by atoms with Gasteiger partial charge in [0.1, 0.15) is 22.3 Å². The first-order valence-corrected chi connectivity index (χ1v) is 27.2. The van der Waals surface area contributed by atoms with Crippen LogP contribution in [0.5, 0.6) is 0 Å². The molecule has 4 aliphatic rings. The molecule has 0 aliphatic heterocycles.